The Labute approximate surface area is 139 Å². The van der Waals surface area contributed by atoms with Crippen LogP contribution in [-0.4, -0.2) is 35.8 Å². The number of ether oxygens (including phenoxy) is 2. The molecule has 2 rings (SSSR count). The number of hydrogen-bond acceptors (Lipinski definition) is 6. The van der Waals surface area contributed by atoms with Crippen molar-refractivity contribution in [1.29, 1.82) is 0 Å². The quantitative estimate of drug-likeness (QED) is 0.620. The average Bonchev–Trinajstić information content (AvgIpc) is 2.55. The van der Waals surface area contributed by atoms with Crippen LogP contribution in [0, 0.1) is 6.92 Å². The van der Waals surface area contributed by atoms with E-state index in [1.54, 1.807) is 32.4 Å². The zero-order valence-electron chi connectivity index (χ0n) is 13.3. The monoisotopic (exact) mass is 333 g/mol. The number of aryl methyl sites for hydroxylation is 1. The second kappa shape index (κ2) is 8.38. The first kappa shape index (κ1) is 17.1. The Morgan fingerprint density at radius 3 is 2.74 bits per heavy atom. The maximum atomic E-state index is 12.1. The molecule has 23 heavy (non-hydrogen) atoms. The van der Waals surface area contributed by atoms with Crippen LogP contribution in [-0.2, 0) is 4.79 Å². The number of benzene rings is 1. The standard InChI is InChI=1S/C16H19N3O3S/c1-11-8-16(18-10-17-11)23-7-6-15(20)19-13-9-12(21-2)4-5-14(13)22-3/h4-5,8-10H,6-7H2,1-3H3,(H,19,20). The summed E-state index contributed by atoms with van der Waals surface area (Å²) in [7, 11) is 3.14. The maximum absolute atomic E-state index is 12.1. The lowest BCUT2D eigenvalue weighted by molar-refractivity contribution is -0.115. The van der Waals surface area contributed by atoms with Crippen LogP contribution in [0.5, 0.6) is 11.5 Å². The minimum absolute atomic E-state index is 0.0881. The van der Waals surface area contributed by atoms with Crippen LogP contribution in [0.4, 0.5) is 5.69 Å². The number of rotatable bonds is 7. The Morgan fingerprint density at radius 2 is 2.04 bits per heavy atom. The molecule has 1 aromatic carbocycles. The third-order valence-corrected chi connectivity index (χ3v) is 3.97. The highest BCUT2D eigenvalue weighted by Gasteiger charge is 2.09. The van der Waals surface area contributed by atoms with Gasteiger partial charge in [-0.15, -0.1) is 11.8 Å². The van der Waals surface area contributed by atoms with E-state index in [1.165, 1.54) is 18.1 Å². The Kier molecular flexibility index (Phi) is 6.22. The van der Waals surface area contributed by atoms with Gasteiger partial charge in [0.1, 0.15) is 17.8 Å². The molecule has 2 aromatic rings. The number of hydrogen-bond donors (Lipinski definition) is 1. The molecule has 0 aliphatic heterocycles. The van der Waals surface area contributed by atoms with Crippen LogP contribution in [0.1, 0.15) is 12.1 Å². The lowest BCUT2D eigenvalue weighted by atomic mass is 10.2. The summed E-state index contributed by atoms with van der Waals surface area (Å²) in [5, 5.41) is 3.71. The molecule has 6 nitrogen and oxygen atoms in total. The van der Waals surface area contributed by atoms with E-state index in [1.807, 2.05) is 13.0 Å². The largest absolute Gasteiger partial charge is 0.497 e. The third-order valence-electron chi connectivity index (χ3n) is 3.04. The Bertz CT molecular complexity index is 679. The summed E-state index contributed by atoms with van der Waals surface area (Å²) in [5.74, 6) is 1.80. The molecule has 0 unspecified atom stereocenters. The molecule has 0 fully saturated rings. The van der Waals surface area contributed by atoms with Gasteiger partial charge in [0.25, 0.3) is 0 Å². The van der Waals surface area contributed by atoms with E-state index >= 15 is 0 Å². The first-order chi connectivity index (χ1) is 11.1. The lowest BCUT2D eigenvalue weighted by Crippen LogP contribution is -2.13. The molecule has 0 bridgehead atoms. The van der Waals surface area contributed by atoms with Crippen molar-refractivity contribution in [3.05, 3.63) is 36.3 Å². The summed E-state index contributed by atoms with van der Waals surface area (Å²) >= 11 is 1.52. The molecule has 0 radical (unpaired) electrons. The van der Waals surface area contributed by atoms with Gasteiger partial charge in [-0.25, -0.2) is 9.97 Å². The topological polar surface area (TPSA) is 73.3 Å². The fraction of sp³-hybridized carbons (Fsp3) is 0.312. The number of nitrogens with zero attached hydrogens (tertiary/aromatic N) is 2. The molecule has 0 saturated heterocycles. The van der Waals surface area contributed by atoms with Crippen molar-refractivity contribution in [2.45, 2.75) is 18.4 Å². The molecule has 0 atom stereocenters. The molecule has 1 amide bonds. The Balaban J connectivity index is 1.89. The number of nitrogens with one attached hydrogen (secondary N) is 1. The predicted octanol–water partition coefficient (Wildman–Crippen LogP) is 2.92. The molecular formula is C16H19N3O3S. The van der Waals surface area contributed by atoms with E-state index in [0.717, 1.165) is 10.7 Å². The molecule has 0 spiro atoms. The lowest BCUT2D eigenvalue weighted by Gasteiger charge is -2.11. The van der Waals surface area contributed by atoms with Crippen molar-refractivity contribution < 1.29 is 14.3 Å². The molecule has 7 heteroatoms. The van der Waals surface area contributed by atoms with Crippen LogP contribution in [0.15, 0.2) is 35.6 Å². The van der Waals surface area contributed by atoms with Gasteiger partial charge in [-0.1, -0.05) is 0 Å². The second-order valence-electron chi connectivity index (χ2n) is 4.71. The molecule has 0 aliphatic rings. The highest BCUT2D eigenvalue weighted by molar-refractivity contribution is 7.99. The van der Waals surface area contributed by atoms with Crippen molar-refractivity contribution in [3.8, 4) is 11.5 Å². The van der Waals surface area contributed by atoms with Crippen molar-refractivity contribution >= 4 is 23.4 Å². The number of anilines is 1. The van der Waals surface area contributed by atoms with Gasteiger partial charge in [0, 0.05) is 23.9 Å². The Morgan fingerprint density at radius 1 is 1.22 bits per heavy atom. The van der Waals surface area contributed by atoms with Crippen molar-refractivity contribution in [3.63, 3.8) is 0 Å². The summed E-state index contributed by atoms with van der Waals surface area (Å²) in [6, 6.07) is 7.17. The number of methoxy groups -OCH3 is 2. The number of carbonyl (C=O) groups is 1. The normalized spacial score (nSPS) is 10.2. The van der Waals surface area contributed by atoms with Gasteiger partial charge in [-0.05, 0) is 25.1 Å². The van der Waals surface area contributed by atoms with Crippen LogP contribution in [0.3, 0.4) is 0 Å². The second-order valence-corrected chi connectivity index (χ2v) is 5.83. The molecule has 1 N–H and O–H groups in total. The summed E-state index contributed by atoms with van der Waals surface area (Å²) in [6.45, 7) is 1.91. The molecule has 0 saturated carbocycles. The van der Waals surface area contributed by atoms with Crippen LogP contribution >= 0.6 is 11.8 Å². The Hall–Kier alpha value is -2.28. The van der Waals surface area contributed by atoms with Crippen molar-refractivity contribution in [2.75, 3.05) is 25.3 Å². The van der Waals surface area contributed by atoms with Crippen molar-refractivity contribution in [2.24, 2.45) is 0 Å². The fourth-order valence-corrected chi connectivity index (χ4v) is 2.75. The van der Waals surface area contributed by atoms with Gasteiger partial charge < -0.3 is 14.8 Å². The number of thioether (sulfide) groups is 1. The van der Waals surface area contributed by atoms with Crippen LogP contribution in [0.2, 0.25) is 0 Å². The number of amides is 1. The average molecular weight is 333 g/mol. The van der Waals surface area contributed by atoms with E-state index in [2.05, 4.69) is 15.3 Å². The predicted molar refractivity (Wildman–Crippen MR) is 90.3 cm³/mol. The van der Waals surface area contributed by atoms with Gasteiger partial charge in [0.2, 0.25) is 5.91 Å². The SMILES string of the molecule is COc1ccc(OC)c(NC(=O)CCSc2cc(C)ncn2)c1. The summed E-state index contributed by atoms with van der Waals surface area (Å²) in [4.78, 5) is 20.3. The summed E-state index contributed by atoms with van der Waals surface area (Å²) < 4.78 is 10.4. The van der Waals surface area contributed by atoms with Crippen molar-refractivity contribution in [1.82, 2.24) is 9.97 Å². The van der Waals surface area contributed by atoms with E-state index < -0.39 is 0 Å². The maximum Gasteiger partial charge on any atom is 0.225 e. The molecule has 0 aliphatic carbocycles. The molecular weight excluding hydrogens is 314 g/mol. The summed E-state index contributed by atoms with van der Waals surface area (Å²) in [6.07, 6.45) is 1.90. The van der Waals surface area contributed by atoms with E-state index in [0.29, 0.717) is 29.4 Å². The van der Waals surface area contributed by atoms with Gasteiger partial charge in [0.15, 0.2) is 0 Å². The first-order valence-corrected chi connectivity index (χ1v) is 8.04. The highest BCUT2D eigenvalue weighted by atomic mass is 32.2. The van der Waals surface area contributed by atoms with E-state index in [9.17, 15) is 4.79 Å². The minimum Gasteiger partial charge on any atom is -0.497 e. The van der Waals surface area contributed by atoms with Gasteiger partial charge >= 0.3 is 0 Å². The first-order valence-electron chi connectivity index (χ1n) is 7.05. The van der Waals surface area contributed by atoms with E-state index in [-0.39, 0.29) is 5.91 Å². The van der Waals surface area contributed by atoms with Crippen LogP contribution in [0.25, 0.3) is 0 Å². The smallest absolute Gasteiger partial charge is 0.225 e. The van der Waals surface area contributed by atoms with Gasteiger partial charge in [0.05, 0.1) is 24.9 Å². The van der Waals surface area contributed by atoms with Gasteiger partial charge in [-0.2, -0.15) is 0 Å². The highest BCUT2D eigenvalue weighted by Crippen LogP contribution is 2.29. The minimum atomic E-state index is -0.0881. The zero-order valence-corrected chi connectivity index (χ0v) is 14.1. The van der Waals surface area contributed by atoms with Gasteiger partial charge in [-0.3, -0.25) is 4.79 Å². The molecule has 1 heterocycles. The zero-order chi connectivity index (χ0) is 16.7. The molecule has 1 aromatic heterocycles. The third kappa shape index (κ3) is 5.14. The molecule has 122 valence electrons. The summed E-state index contributed by atoms with van der Waals surface area (Å²) in [5.41, 5.74) is 1.51. The fourth-order valence-electron chi connectivity index (χ4n) is 1.88. The number of aromatic nitrogens is 2. The van der Waals surface area contributed by atoms with E-state index in [4.69, 9.17) is 9.47 Å². The van der Waals surface area contributed by atoms with Crippen LogP contribution < -0.4 is 14.8 Å². The number of carbonyl (C=O) groups excluding carboxylic acids is 1.